The number of aryl methyl sites for hydroxylation is 1. The molecule has 4 aromatic rings. The van der Waals surface area contributed by atoms with Crippen LogP contribution in [0.2, 0.25) is 0 Å². The number of nitrogens with one attached hydrogen (secondary N) is 2. The summed E-state index contributed by atoms with van der Waals surface area (Å²) < 4.78 is 13.4. The molecule has 0 unspecified atom stereocenters. The highest BCUT2D eigenvalue weighted by Crippen LogP contribution is 2.36. The second-order valence-corrected chi connectivity index (χ2v) is 8.66. The van der Waals surface area contributed by atoms with Gasteiger partial charge in [0.05, 0.1) is 19.2 Å². The van der Waals surface area contributed by atoms with Gasteiger partial charge in [-0.25, -0.2) is 9.67 Å². The van der Waals surface area contributed by atoms with Crippen molar-refractivity contribution in [2.24, 2.45) is 5.73 Å². The zero-order chi connectivity index (χ0) is 24.4. The molecule has 3 heterocycles. The Morgan fingerprint density at radius 3 is 2.74 bits per heavy atom. The van der Waals surface area contributed by atoms with Crippen LogP contribution in [0.5, 0.6) is 17.2 Å². The summed E-state index contributed by atoms with van der Waals surface area (Å²) in [5, 5.41) is 12.6. The number of carbonyl (C=O) groups is 1. The summed E-state index contributed by atoms with van der Waals surface area (Å²) in [6.07, 6.45) is 2.68. The first-order chi connectivity index (χ1) is 17.0. The largest absolute Gasteiger partial charge is 0.497 e. The van der Waals surface area contributed by atoms with E-state index in [1.54, 1.807) is 31.5 Å². The van der Waals surface area contributed by atoms with Crippen LogP contribution in [0, 0.1) is 6.92 Å². The average molecular weight is 473 g/mol. The van der Waals surface area contributed by atoms with Gasteiger partial charge in [-0.2, -0.15) is 5.10 Å². The Morgan fingerprint density at radius 1 is 1.20 bits per heavy atom. The number of rotatable bonds is 8. The Kier molecular flexibility index (Phi) is 6.24. The smallest absolute Gasteiger partial charge is 0.252 e. The number of nitrogens with zero attached hydrogens (tertiary/aromatic N) is 3. The molecule has 4 N–H and O–H groups in total. The molecule has 1 fully saturated rings. The van der Waals surface area contributed by atoms with E-state index in [4.69, 9.17) is 20.3 Å². The molecular formula is C26H28N6O3. The maximum atomic E-state index is 12.1. The Labute approximate surface area is 203 Å². The van der Waals surface area contributed by atoms with Crippen LogP contribution >= 0.6 is 0 Å². The molecule has 180 valence electrons. The van der Waals surface area contributed by atoms with E-state index in [0.717, 1.165) is 41.8 Å². The normalized spacial score (nSPS) is 15.3. The number of ether oxygens (including phenoxy) is 2. The minimum absolute atomic E-state index is 0.246. The predicted octanol–water partition coefficient (Wildman–Crippen LogP) is 3.46. The third-order valence-electron chi connectivity index (χ3n) is 6.11. The van der Waals surface area contributed by atoms with E-state index in [1.165, 1.54) is 0 Å². The van der Waals surface area contributed by atoms with E-state index in [0.29, 0.717) is 35.1 Å². The molecule has 2 aromatic carbocycles. The molecular weight excluding hydrogens is 444 g/mol. The number of primary amides is 1. The van der Waals surface area contributed by atoms with Gasteiger partial charge in [0.25, 0.3) is 5.91 Å². The van der Waals surface area contributed by atoms with Crippen LogP contribution in [0.4, 0.5) is 5.82 Å². The van der Waals surface area contributed by atoms with E-state index < -0.39 is 5.91 Å². The van der Waals surface area contributed by atoms with Gasteiger partial charge in [-0.15, -0.1) is 0 Å². The molecule has 35 heavy (non-hydrogen) atoms. The molecule has 0 bridgehead atoms. The first-order valence-electron chi connectivity index (χ1n) is 11.6. The molecule has 1 saturated heterocycles. The number of hydrogen-bond donors (Lipinski definition) is 3. The molecule has 9 nitrogen and oxygen atoms in total. The highest BCUT2D eigenvalue weighted by molar-refractivity contribution is 5.97. The van der Waals surface area contributed by atoms with Crippen LogP contribution in [0.15, 0.2) is 54.7 Å². The molecule has 1 atom stereocenters. The van der Waals surface area contributed by atoms with Gasteiger partial charge in [0.1, 0.15) is 22.6 Å². The summed E-state index contributed by atoms with van der Waals surface area (Å²) >= 11 is 0. The number of hydrogen-bond acceptors (Lipinski definition) is 7. The van der Waals surface area contributed by atoms with Crippen molar-refractivity contribution in [1.29, 1.82) is 0 Å². The lowest BCUT2D eigenvalue weighted by molar-refractivity contribution is 0.0998. The minimum Gasteiger partial charge on any atom is -0.497 e. The predicted molar refractivity (Wildman–Crippen MR) is 134 cm³/mol. The summed E-state index contributed by atoms with van der Waals surface area (Å²) in [5.74, 6) is 1.90. The van der Waals surface area contributed by atoms with Crippen LogP contribution in [0.25, 0.3) is 11.0 Å². The third-order valence-corrected chi connectivity index (χ3v) is 6.11. The summed E-state index contributed by atoms with van der Waals surface area (Å²) in [4.78, 5) is 16.7. The Hall–Kier alpha value is -4.11. The Morgan fingerprint density at radius 2 is 2.03 bits per heavy atom. The number of carbonyl (C=O) groups excluding carboxylic acids is 1. The summed E-state index contributed by atoms with van der Waals surface area (Å²) in [6, 6.07) is 15.3. The number of amides is 1. The van der Waals surface area contributed by atoms with Crippen molar-refractivity contribution >= 4 is 22.8 Å². The Balaban J connectivity index is 1.57. The van der Waals surface area contributed by atoms with Crippen LogP contribution in [0.1, 0.15) is 27.9 Å². The zero-order valence-electron chi connectivity index (χ0n) is 19.7. The lowest BCUT2D eigenvalue weighted by Crippen LogP contribution is -2.22. The van der Waals surface area contributed by atoms with Crippen LogP contribution in [-0.4, -0.2) is 46.9 Å². The number of pyridine rings is 1. The van der Waals surface area contributed by atoms with Crippen molar-refractivity contribution in [3.05, 3.63) is 71.4 Å². The highest BCUT2D eigenvalue weighted by atomic mass is 16.5. The number of methoxy groups -OCH3 is 1. The number of benzene rings is 2. The number of nitrogens with two attached hydrogens (primary N) is 1. The Bertz CT molecular complexity index is 1360. The molecule has 2 aromatic heterocycles. The lowest BCUT2D eigenvalue weighted by Gasteiger charge is -2.13. The maximum Gasteiger partial charge on any atom is 0.252 e. The van der Waals surface area contributed by atoms with Gasteiger partial charge in [-0.05, 0) is 49.7 Å². The number of fused-ring (bicyclic) bond motifs is 1. The first kappa shape index (κ1) is 22.7. The molecule has 0 radical (unpaired) electrons. The van der Waals surface area contributed by atoms with E-state index in [2.05, 4.69) is 15.6 Å². The van der Waals surface area contributed by atoms with Gasteiger partial charge in [-0.3, -0.25) is 4.79 Å². The molecule has 5 rings (SSSR count). The summed E-state index contributed by atoms with van der Waals surface area (Å²) in [7, 11) is 1.65. The minimum atomic E-state index is -0.542. The maximum absolute atomic E-state index is 12.1. The molecule has 9 heteroatoms. The highest BCUT2D eigenvalue weighted by Gasteiger charge is 2.22. The van der Waals surface area contributed by atoms with Crippen LogP contribution in [0.3, 0.4) is 0 Å². The standard InChI is InChI=1S/C26H28N6O3/c1-16-3-8-21(20(13-16)24(27)33)35-22-10-12-29-26-23(22)25(30-18-9-11-28-14-18)31-32(26)15-17-4-6-19(34-2)7-5-17/h3-8,10,12-13,18,28H,9,11,14-15H2,1-2H3,(H2,27,33)(H,30,31)/t18-/m1/s1. The van der Waals surface area contributed by atoms with Gasteiger partial charge < -0.3 is 25.8 Å². The van der Waals surface area contributed by atoms with Crippen LogP contribution in [-0.2, 0) is 6.54 Å². The molecule has 1 amide bonds. The second kappa shape index (κ2) is 9.63. The van der Waals surface area contributed by atoms with Crippen molar-refractivity contribution in [2.45, 2.75) is 25.9 Å². The molecule has 0 saturated carbocycles. The van der Waals surface area contributed by atoms with Gasteiger partial charge in [0.2, 0.25) is 0 Å². The van der Waals surface area contributed by atoms with Crippen molar-refractivity contribution < 1.29 is 14.3 Å². The lowest BCUT2D eigenvalue weighted by atomic mass is 10.1. The van der Waals surface area contributed by atoms with Crippen molar-refractivity contribution in [3.8, 4) is 17.2 Å². The van der Waals surface area contributed by atoms with Gasteiger partial charge >= 0.3 is 0 Å². The third kappa shape index (κ3) is 4.76. The number of aromatic nitrogens is 3. The molecule has 1 aliphatic heterocycles. The van der Waals surface area contributed by atoms with E-state index in [9.17, 15) is 4.79 Å². The summed E-state index contributed by atoms with van der Waals surface area (Å²) in [6.45, 7) is 4.24. The average Bonchev–Trinajstić information content (AvgIpc) is 3.49. The van der Waals surface area contributed by atoms with E-state index >= 15 is 0 Å². The fraction of sp³-hybridized carbons (Fsp3) is 0.269. The van der Waals surface area contributed by atoms with Gasteiger partial charge in [0.15, 0.2) is 11.5 Å². The molecule has 0 aliphatic carbocycles. The van der Waals surface area contributed by atoms with Crippen molar-refractivity contribution in [2.75, 3.05) is 25.5 Å². The molecule has 0 spiro atoms. The topological polar surface area (TPSA) is 116 Å². The van der Waals surface area contributed by atoms with Gasteiger partial charge in [-0.1, -0.05) is 23.8 Å². The SMILES string of the molecule is COc1ccc(Cn2nc(N[C@@H]3CCNC3)c3c(Oc4ccc(C)cc4C(N)=O)ccnc32)cc1. The first-order valence-corrected chi connectivity index (χ1v) is 11.6. The fourth-order valence-electron chi connectivity index (χ4n) is 4.29. The second-order valence-electron chi connectivity index (χ2n) is 8.66. The van der Waals surface area contributed by atoms with Crippen LogP contribution < -0.4 is 25.8 Å². The summed E-state index contributed by atoms with van der Waals surface area (Å²) in [5.41, 5.74) is 8.62. The molecule has 1 aliphatic rings. The van der Waals surface area contributed by atoms with Crippen molar-refractivity contribution in [1.82, 2.24) is 20.1 Å². The monoisotopic (exact) mass is 472 g/mol. The van der Waals surface area contributed by atoms with E-state index in [-0.39, 0.29) is 6.04 Å². The quantitative estimate of drug-likeness (QED) is 0.360. The van der Waals surface area contributed by atoms with Gasteiger partial charge in [0, 0.05) is 24.8 Å². The zero-order valence-corrected chi connectivity index (χ0v) is 19.7. The van der Waals surface area contributed by atoms with E-state index in [1.807, 2.05) is 41.9 Å². The number of anilines is 1. The fourth-order valence-corrected chi connectivity index (χ4v) is 4.29. The van der Waals surface area contributed by atoms with Crippen molar-refractivity contribution in [3.63, 3.8) is 0 Å².